The van der Waals surface area contributed by atoms with Crippen molar-refractivity contribution in [2.24, 2.45) is 5.92 Å². The second kappa shape index (κ2) is 6.70. The van der Waals surface area contributed by atoms with Crippen LogP contribution in [0, 0.1) is 5.92 Å². The van der Waals surface area contributed by atoms with Crippen LogP contribution in [0.25, 0.3) is 5.65 Å². The number of aromatic amines is 1. The van der Waals surface area contributed by atoms with Crippen LogP contribution in [0.1, 0.15) is 37.1 Å². The Kier molecular flexibility index (Phi) is 4.33. The molecule has 0 bridgehead atoms. The highest BCUT2D eigenvalue weighted by molar-refractivity contribution is 5.91. The van der Waals surface area contributed by atoms with E-state index in [0.717, 1.165) is 30.4 Å². The van der Waals surface area contributed by atoms with Gasteiger partial charge in [0.1, 0.15) is 5.82 Å². The van der Waals surface area contributed by atoms with E-state index >= 15 is 0 Å². The number of amides is 1. The van der Waals surface area contributed by atoms with Crippen LogP contribution in [0.4, 0.5) is 5.82 Å². The molecule has 1 amide bonds. The Bertz CT molecular complexity index is 1070. The Morgan fingerprint density at radius 1 is 1.29 bits per heavy atom. The van der Waals surface area contributed by atoms with E-state index in [4.69, 9.17) is 0 Å². The van der Waals surface area contributed by atoms with E-state index in [2.05, 4.69) is 56.3 Å². The molecule has 28 heavy (non-hydrogen) atoms. The zero-order valence-corrected chi connectivity index (χ0v) is 16.0. The third-order valence-corrected chi connectivity index (χ3v) is 4.67. The monoisotopic (exact) mass is 382 g/mol. The van der Waals surface area contributed by atoms with Gasteiger partial charge in [-0.1, -0.05) is 20.8 Å². The summed E-state index contributed by atoms with van der Waals surface area (Å²) in [7, 11) is 0. The second-order valence-corrected chi connectivity index (χ2v) is 7.98. The average Bonchev–Trinajstić information content (AvgIpc) is 3.04. The molecule has 0 aliphatic carbocycles. The van der Waals surface area contributed by atoms with Crippen LogP contribution in [-0.4, -0.2) is 55.3 Å². The zero-order chi connectivity index (χ0) is 19.9. The first kappa shape index (κ1) is 18.1. The summed E-state index contributed by atoms with van der Waals surface area (Å²) in [6.45, 7) is 8.24. The lowest BCUT2D eigenvalue weighted by molar-refractivity contribution is 0.0937. The molecule has 4 rings (SSSR count). The number of hydrogen-bond donors (Lipinski definition) is 2. The Morgan fingerprint density at radius 3 is 2.79 bits per heavy atom. The lowest BCUT2D eigenvalue weighted by Gasteiger charge is -2.40. The third-order valence-electron chi connectivity index (χ3n) is 4.67. The van der Waals surface area contributed by atoms with E-state index in [1.54, 1.807) is 4.52 Å². The minimum atomic E-state index is -0.490. The predicted molar refractivity (Wildman–Crippen MR) is 102 cm³/mol. The molecule has 1 saturated heterocycles. The van der Waals surface area contributed by atoms with E-state index < -0.39 is 11.5 Å². The summed E-state index contributed by atoms with van der Waals surface area (Å²) in [6.07, 6.45) is 2.79. The molecule has 146 valence electrons. The van der Waals surface area contributed by atoms with Crippen LogP contribution < -0.4 is 15.8 Å². The molecule has 2 N–H and O–H groups in total. The lowest BCUT2D eigenvalue weighted by atomic mass is 9.96. The van der Waals surface area contributed by atoms with Crippen molar-refractivity contribution in [3.8, 4) is 0 Å². The summed E-state index contributed by atoms with van der Waals surface area (Å²) in [5.41, 5.74) is -0.0427. The quantitative estimate of drug-likeness (QED) is 0.669. The molecule has 10 nitrogen and oxygen atoms in total. The fraction of sp³-hybridized carbons (Fsp3) is 0.444. The Labute approximate surface area is 161 Å². The van der Waals surface area contributed by atoms with E-state index in [1.165, 1.54) is 12.4 Å². The van der Waals surface area contributed by atoms with Crippen LogP contribution in [0.15, 0.2) is 29.3 Å². The van der Waals surface area contributed by atoms with Gasteiger partial charge in [0.2, 0.25) is 0 Å². The van der Waals surface area contributed by atoms with Gasteiger partial charge in [-0.3, -0.25) is 9.59 Å². The van der Waals surface area contributed by atoms with Gasteiger partial charge in [-0.2, -0.15) is 4.52 Å². The van der Waals surface area contributed by atoms with Crippen LogP contribution in [0.5, 0.6) is 0 Å². The van der Waals surface area contributed by atoms with Crippen molar-refractivity contribution in [1.82, 2.24) is 35.1 Å². The summed E-state index contributed by atoms with van der Waals surface area (Å²) >= 11 is 0. The minimum absolute atomic E-state index is 0.117. The van der Waals surface area contributed by atoms with Crippen LogP contribution in [0.3, 0.4) is 0 Å². The van der Waals surface area contributed by atoms with Gasteiger partial charge in [-0.15, -0.1) is 15.3 Å². The fourth-order valence-electron chi connectivity index (χ4n) is 3.14. The summed E-state index contributed by atoms with van der Waals surface area (Å²) in [4.78, 5) is 32.1. The van der Waals surface area contributed by atoms with Crippen molar-refractivity contribution in [1.29, 1.82) is 0 Å². The molecule has 0 aromatic carbocycles. The Morgan fingerprint density at radius 2 is 2.07 bits per heavy atom. The molecule has 0 spiro atoms. The SMILES string of the molecule is CC(C)(C)c1nnc2ccc(N3CC(CNC(=O)c4ncc[nH]c4=O)C3)nn12. The number of nitrogens with one attached hydrogen (secondary N) is 2. The molecular weight excluding hydrogens is 360 g/mol. The number of hydrogen-bond acceptors (Lipinski definition) is 7. The van der Waals surface area contributed by atoms with Crippen LogP contribution >= 0.6 is 0 Å². The first-order valence-corrected chi connectivity index (χ1v) is 9.13. The first-order valence-electron chi connectivity index (χ1n) is 9.13. The highest BCUT2D eigenvalue weighted by atomic mass is 16.2. The number of H-pyrrole nitrogens is 1. The van der Waals surface area contributed by atoms with Gasteiger partial charge in [-0.25, -0.2) is 4.98 Å². The van der Waals surface area contributed by atoms with Crippen molar-refractivity contribution < 1.29 is 4.79 Å². The van der Waals surface area contributed by atoms with Gasteiger partial charge >= 0.3 is 0 Å². The highest BCUT2D eigenvalue weighted by Gasteiger charge is 2.29. The molecule has 0 saturated carbocycles. The molecule has 1 aliphatic heterocycles. The zero-order valence-electron chi connectivity index (χ0n) is 16.0. The average molecular weight is 382 g/mol. The number of nitrogens with zero attached hydrogens (tertiary/aromatic N) is 6. The summed E-state index contributed by atoms with van der Waals surface area (Å²) < 4.78 is 1.79. The van der Waals surface area contributed by atoms with E-state index in [1.807, 2.05) is 12.1 Å². The molecule has 4 heterocycles. The van der Waals surface area contributed by atoms with Gasteiger partial charge in [0.25, 0.3) is 11.5 Å². The van der Waals surface area contributed by atoms with Crippen molar-refractivity contribution in [2.75, 3.05) is 24.5 Å². The predicted octanol–water partition coefficient (Wildman–Crippen LogP) is 0.371. The number of rotatable bonds is 4. The van der Waals surface area contributed by atoms with E-state index in [0.29, 0.717) is 6.54 Å². The van der Waals surface area contributed by atoms with Crippen molar-refractivity contribution >= 4 is 17.4 Å². The number of carbonyl (C=O) groups is 1. The summed E-state index contributed by atoms with van der Waals surface area (Å²) in [6, 6.07) is 3.84. The number of aromatic nitrogens is 6. The van der Waals surface area contributed by atoms with Crippen molar-refractivity contribution in [3.63, 3.8) is 0 Å². The number of carbonyl (C=O) groups excluding carboxylic acids is 1. The molecule has 1 fully saturated rings. The molecule has 1 aliphatic rings. The summed E-state index contributed by atoms with van der Waals surface area (Å²) in [5, 5.41) is 15.9. The fourth-order valence-corrected chi connectivity index (χ4v) is 3.14. The van der Waals surface area contributed by atoms with Gasteiger partial charge in [-0.05, 0) is 12.1 Å². The second-order valence-electron chi connectivity index (χ2n) is 7.98. The standard InChI is InChI=1S/C18H22N8O2/c1-18(2,3)17-23-22-12-4-5-13(24-26(12)17)25-9-11(10-25)8-21-16(28)14-15(27)20-7-6-19-14/h4-7,11H,8-10H2,1-3H3,(H,20,27)(H,21,28). The third kappa shape index (κ3) is 3.32. The maximum absolute atomic E-state index is 12.1. The number of fused-ring (bicyclic) bond motifs is 1. The minimum Gasteiger partial charge on any atom is -0.354 e. The highest BCUT2D eigenvalue weighted by Crippen LogP contribution is 2.25. The molecular formula is C18H22N8O2. The summed E-state index contributed by atoms with van der Waals surface area (Å²) in [5.74, 6) is 1.49. The van der Waals surface area contributed by atoms with Crippen LogP contribution in [-0.2, 0) is 5.41 Å². The lowest BCUT2D eigenvalue weighted by Crippen LogP contribution is -2.52. The molecule has 10 heteroatoms. The molecule has 0 radical (unpaired) electrons. The largest absolute Gasteiger partial charge is 0.354 e. The Balaban J connectivity index is 1.38. The maximum atomic E-state index is 12.1. The van der Waals surface area contributed by atoms with Crippen LogP contribution in [0.2, 0.25) is 0 Å². The molecule has 0 unspecified atom stereocenters. The van der Waals surface area contributed by atoms with E-state index in [9.17, 15) is 9.59 Å². The molecule has 3 aromatic heterocycles. The van der Waals surface area contributed by atoms with Gasteiger partial charge < -0.3 is 15.2 Å². The van der Waals surface area contributed by atoms with Gasteiger partial charge in [0.15, 0.2) is 17.2 Å². The van der Waals surface area contributed by atoms with E-state index in [-0.39, 0.29) is 17.0 Å². The van der Waals surface area contributed by atoms with Crippen molar-refractivity contribution in [2.45, 2.75) is 26.2 Å². The smallest absolute Gasteiger partial charge is 0.279 e. The topological polar surface area (TPSA) is 121 Å². The maximum Gasteiger partial charge on any atom is 0.279 e. The Hall–Kier alpha value is -3.30. The normalized spacial score (nSPS) is 14.9. The van der Waals surface area contributed by atoms with Gasteiger partial charge in [0.05, 0.1) is 0 Å². The molecule has 3 aromatic rings. The number of anilines is 1. The van der Waals surface area contributed by atoms with Gasteiger partial charge in [0, 0.05) is 43.4 Å². The molecule has 0 atom stereocenters. The first-order chi connectivity index (χ1) is 13.3. The van der Waals surface area contributed by atoms with Crippen molar-refractivity contribution in [3.05, 3.63) is 46.4 Å².